The maximum atomic E-state index is 12.5. The number of rotatable bonds is 4. The van der Waals surface area contributed by atoms with Gasteiger partial charge in [-0.2, -0.15) is 0 Å². The molecule has 1 saturated heterocycles. The molecule has 0 bridgehead atoms. The van der Waals surface area contributed by atoms with E-state index in [9.17, 15) is 13.2 Å². The van der Waals surface area contributed by atoms with E-state index in [1.807, 2.05) is 0 Å². The third-order valence-corrected chi connectivity index (χ3v) is 7.10. The van der Waals surface area contributed by atoms with E-state index in [1.54, 1.807) is 6.92 Å². The molecule has 1 N–H and O–H groups in total. The highest BCUT2D eigenvalue weighted by atomic mass is 32.2. The van der Waals surface area contributed by atoms with Gasteiger partial charge in [0.15, 0.2) is 0 Å². The first-order valence-electron chi connectivity index (χ1n) is 8.66. The molecule has 1 aliphatic heterocycles. The van der Waals surface area contributed by atoms with Crippen LogP contribution in [0.15, 0.2) is 0 Å². The number of hydrogen-bond donors (Lipinski definition) is 1. The van der Waals surface area contributed by atoms with Crippen LogP contribution >= 0.6 is 0 Å². The van der Waals surface area contributed by atoms with Gasteiger partial charge < -0.3 is 5.32 Å². The summed E-state index contributed by atoms with van der Waals surface area (Å²) in [6, 6.07) is 0. The predicted molar refractivity (Wildman–Crippen MR) is 88.0 cm³/mol. The molecule has 0 radical (unpaired) electrons. The summed E-state index contributed by atoms with van der Waals surface area (Å²) >= 11 is 0. The third kappa shape index (κ3) is 4.44. The molecule has 6 heteroatoms. The van der Waals surface area contributed by atoms with Crippen molar-refractivity contribution in [1.82, 2.24) is 9.62 Å². The molecular weight excluding hydrogens is 300 g/mol. The van der Waals surface area contributed by atoms with Crippen LogP contribution in [0.5, 0.6) is 0 Å². The molecule has 0 atom stereocenters. The molecule has 2 rings (SSSR count). The zero-order valence-electron chi connectivity index (χ0n) is 13.9. The normalized spacial score (nSPS) is 24.6. The van der Waals surface area contributed by atoms with Crippen LogP contribution in [0.3, 0.4) is 0 Å². The number of nitrogens with one attached hydrogen (secondary N) is 1. The second-order valence-corrected chi connectivity index (χ2v) is 9.30. The van der Waals surface area contributed by atoms with Gasteiger partial charge in [-0.25, -0.2) is 12.7 Å². The van der Waals surface area contributed by atoms with E-state index in [1.165, 1.54) is 30.0 Å². The fourth-order valence-corrected chi connectivity index (χ4v) is 4.74. The second kappa shape index (κ2) is 7.30. The fourth-order valence-electron chi connectivity index (χ4n) is 3.61. The summed E-state index contributed by atoms with van der Waals surface area (Å²) in [5, 5.41) is 3.27. The van der Waals surface area contributed by atoms with Crippen molar-refractivity contribution in [3.63, 3.8) is 0 Å². The van der Waals surface area contributed by atoms with Gasteiger partial charge in [0.25, 0.3) is 0 Å². The molecule has 0 aromatic rings. The number of carbonyl (C=O) groups is 1. The number of sulfonamides is 1. The molecule has 22 heavy (non-hydrogen) atoms. The smallest absolute Gasteiger partial charge is 0.223 e. The highest BCUT2D eigenvalue weighted by Crippen LogP contribution is 2.28. The van der Waals surface area contributed by atoms with E-state index in [0.717, 1.165) is 12.8 Å². The van der Waals surface area contributed by atoms with Crippen molar-refractivity contribution in [2.24, 2.45) is 5.92 Å². The Morgan fingerprint density at radius 1 is 1.14 bits per heavy atom. The minimum absolute atomic E-state index is 0.0385. The summed E-state index contributed by atoms with van der Waals surface area (Å²) in [7, 11) is -3.11. The molecule has 0 aromatic heterocycles. The summed E-state index contributed by atoms with van der Waals surface area (Å²) in [5.41, 5.74) is -0.0692. The molecule has 1 saturated carbocycles. The maximum absolute atomic E-state index is 12.5. The first-order valence-corrected chi connectivity index (χ1v) is 10.3. The highest BCUT2D eigenvalue weighted by molar-refractivity contribution is 7.89. The number of hydrogen-bond acceptors (Lipinski definition) is 3. The van der Waals surface area contributed by atoms with Crippen molar-refractivity contribution in [2.45, 2.75) is 70.8 Å². The van der Waals surface area contributed by atoms with E-state index in [-0.39, 0.29) is 23.1 Å². The lowest BCUT2D eigenvalue weighted by Gasteiger charge is -2.34. The topological polar surface area (TPSA) is 66.5 Å². The summed E-state index contributed by atoms with van der Waals surface area (Å²) in [4.78, 5) is 12.5. The summed E-state index contributed by atoms with van der Waals surface area (Å²) < 4.78 is 25.3. The molecule has 2 fully saturated rings. The maximum Gasteiger partial charge on any atom is 0.223 e. The van der Waals surface area contributed by atoms with Gasteiger partial charge in [-0.05, 0) is 39.5 Å². The van der Waals surface area contributed by atoms with Crippen molar-refractivity contribution < 1.29 is 13.2 Å². The molecule has 0 aromatic carbocycles. The molecule has 1 heterocycles. The Kier molecular flexibility index (Phi) is 5.88. The van der Waals surface area contributed by atoms with Crippen molar-refractivity contribution >= 4 is 15.9 Å². The largest absolute Gasteiger partial charge is 0.351 e. The van der Waals surface area contributed by atoms with Crippen LogP contribution in [0, 0.1) is 5.92 Å². The summed E-state index contributed by atoms with van der Waals surface area (Å²) in [5.74, 6) is 0.225. The van der Waals surface area contributed by atoms with Crippen molar-refractivity contribution in [3.8, 4) is 0 Å². The Bertz CT molecular complexity index is 474. The first-order chi connectivity index (χ1) is 10.4. The Balaban J connectivity index is 1.87. The first kappa shape index (κ1) is 17.7. The highest BCUT2D eigenvalue weighted by Gasteiger charge is 2.34. The van der Waals surface area contributed by atoms with Crippen LogP contribution < -0.4 is 5.32 Å². The molecule has 2 aliphatic rings. The Morgan fingerprint density at radius 2 is 1.68 bits per heavy atom. The zero-order valence-corrected chi connectivity index (χ0v) is 14.8. The number of piperidine rings is 1. The third-order valence-electron chi connectivity index (χ3n) is 5.21. The van der Waals surface area contributed by atoms with E-state index in [0.29, 0.717) is 25.9 Å². The molecule has 1 aliphatic carbocycles. The Labute approximate surface area is 134 Å². The van der Waals surface area contributed by atoms with Gasteiger partial charge in [0.05, 0.1) is 5.75 Å². The number of amides is 1. The van der Waals surface area contributed by atoms with Gasteiger partial charge in [-0.3, -0.25) is 4.79 Å². The van der Waals surface area contributed by atoms with Crippen molar-refractivity contribution in [2.75, 3.05) is 18.8 Å². The molecule has 1 amide bonds. The minimum Gasteiger partial charge on any atom is -0.351 e. The predicted octanol–water partition coefficient (Wildman–Crippen LogP) is 2.28. The number of carbonyl (C=O) groups excluding carboxylic acids is 1. The average Bonchev–Trinajstić information content (AvgIpc) is 2.72. The van der Waals surface area contributed by atoms with Crippen LogP contribution in [0.4, 0.5) is 0 Å². The van der Waals surface area contributed by atoms with E-state index >= 15 is 0 Å². The minimum atomic E-state index is -3.11. The summed E-state index contributed by atoms with van der Waals surface area (Å²) in [6.45, 7) is 4.78. The van der Waals surface area contributed by atoms with Gasteiger partial charge in [0, 0.05) is 24.5 Å². The van der Waals surface area contributed by atoms with Crippen molar-refractivity contribution in [1.29, 1.82) is 0 Å². The quantitative estimate of drug-likeness (QED) is 0.804. The molecule has 128 valence electrons. The van der Waals surface area contributed by atoms with Gasteiger partial charge in [-0.1, -0.05) is 25.7 Å². The lowest BCUT2D eigenvalue weighted by molar-refractivity contribution is -0.128. The number of nitrogens with zero attached hydrogens (tertiary/aromatic N) is 1. The lowest BCUT2D eigenvalue weighted by atomic mass is 9.90. The van der Waals surface area contributed by atoms with Crippen LogP contribution in [-0.4, -0.2) is 43.0 Å². The van der Waals surface area contributed by atoms with Gasteiger partial charge in [0.1, 0.15) is 0 Å². The van der Waals surface area contributed by atoms with Gasteiger partial charge in [-0.15, -0.1) is 0 Å². The SMILES string of the molecule is CCS(=O)(=O)N1CCC(C(=O)NC2(C)CCCCCC2)CC1. The van der Waals surface area contributed by atoms with Gasteiger partial charge in [0.2, 0.25) is 15.9 Å². The lowest BCUT2D eigenvalue weighted by Crippen LogP contribution is -2.50. The Morgan fingerprint density at radius 3 is 2.18 bits per heavy atom. The van der Waals surface area contributed by atoms with E-state index in [2.05, 4.69) is 12.2 Å². The Hall–Kier alpha value is -0.620. The zero-order chi connectivity index (χ0) is 16.2. The van der Waals surface area contributed by atoms with Crippen LogP contribution in [-0.2, 0) is 14.8 Å². The molecular formula is C16H30N2O3S. The second-order valence-electron chi connectivity index (χ2n) is 7.04. The molecule has 0 unspecified atom stereocenters. The van der Waals surface area contributed by atoms with E-state index in [4.69, 9.17) is 0 Å². The van der Waals surface area contributed by atoms with E-state index < -0.39 is 10.0 Å². The molecule has 0 spiro atoms. The molecule has 5 nitrogen and oxygen atoms in total. The standard InChI is InChI=1S/C16H30N2O3S/c1-3-22(20,21)18-12-8-14(9-13-18)15(19)17-16(2)10-6-4-5-7-11-16/h14H,3-13H2,1-2H3,(H,17,19). The van der Waals surface area contributed by atoms with Gasteiger partial charge >= 0.3 is 0 Å². The van der Waals surface area contributed by atoms with Crippen LogP contribution in [0.1, 0.15) is 65.2 Å². The van der Waals surface area contributed by atoms with Crippen LogP contribution in [0.25, 0.3) is 0 Å². The summed E-state index contributed by atoms with van der Waals surface area (Å²) in [6.07, 6.45) is 8.29. The monoisotopic (exact) mass is 330 g/mol. The fraction of sp³-hybridized carbons (Fsp3) is 0.938. The van der Waals surface area contributed by atoms with Crippen molar-refractivity contribution in [3.05, 3.63) is 0 Å². The average molecular weight is 330 g/mol. The van der Waals surface area contributed by atoms with Crippen LogP contribution in [0.2, 0.25) is 0 Å².